The van der Waals surface area contributed by atoms with Crippen LogP contribution in [0.4, 0.5) is 11.5 Å². The van der Waals surface area contributed by atoms with Gasteiger partial charge in [-0.25, -0.2) is 9.78 Å². The van der Waals surface area contributed by atoms with Crippen LogP contribution in [-0.2, 0) is 4.74 Å². The van der Waals surface area contributed by atoms with E-state index in [9.17, 15) is 14.9 Å². The molecule has 0 spiro atoms. The lowest BCUT2D eigenvalue weighted by atomic mass is 10.0. The predicted octanol–water partition coefficient (Wildman–Crippen LogP) is 1.60. The van der Waals surface area contributed by atoms with Crippen molar-refractivity contribution in [2.75, 3.05) is 25.6 Å². The van der Waals surface area contributed by atoms with Gasteiger partial charge in [-0.05, 0) is 18.4 Å². The summed E-state index contributed by atoms with van der Waals surface area (Å²) < 4.78 is 4.54. The minimum Gasteiger partial charge on any atom is -0.464 e. The second-order valence-electron chi connectivity index (χ2n) is 4.48. The molecule has 0 amide bonds. The Labute approximate surface area is 122 Å². The fraction of sp³-hybridized carbons (Fsp3) is 0.538. The van der Waals surface area contributed by atoms with Crippen LogP contribution < -0.4 is 5.32 Å². The van der Waals surface area contributed by atoms with Gasteiger partial charge in [0.1, 0.15) is 0 Å². The van der Waals surface area contributed by atoms with Gasteiger partial charge in [-0.1, -0.05) is 13.3 Å². The molecule has 21 heavy (non-hydrogen) atoms. The number of rotatable bonds is 8. The van der Waals surface area contributed by atoms with Gasteiger partial charge in [0.15, 0.2) is 5.69 Å². The third-order valence-electron chi connectivity index (χ3n) is 3.14. The molecule has 0 aromatic carbocycles. The lowest BCUT2D eigenvalue weighted by Crippen LogP contribution is -2.17. The van der Waals surface area contributed by atoms with E-state index in [1.165, 1.54) is 19.2 Å². The molecule has 1 atom stereocenters. The van der Waals surface area contributed by atoms with Gasteiger partial charge in [-0.3, -0.25) is 10.1 Å². The number of aliphatic hydroxyl groups excluding tert-OH is 1. The first-order chi connectivity index (χ1) is 10.0. The molecule has 0 aliphatic rings. The first-order valence-corrected chi connectivity index (χ1v) is 6.61. The van der Waals surface area contributed by atoms with Crippen LogP contribution >= 0.6 is 0 Å². The van der Waals surface area contributed by atoms with E-state index < -0.39 is 10.9 Å². The molecular formula is C13H19N3O5. The highest BCUT2D eigenvalue weighted by molar-refractivity contribution is 5.88. The Morgan fingerprint density at radius 1 is 1.57 bits per heavy atom. The normalized spacial score (nSPS) is 11.8. The molecule has 0 aliphatic carbocycles. The summed E-state index contributed by atoms with van der Waals surface area (Å²) in [4.78, 5) is 25.8. The minimum atomic E-state index is -0.657. The lowest BCUT2D eigenvalue weighted by molar-refractivity contribution is -0.384. The van der Waals surface area contributed by atoms with E-state index in [1.54, 1.807) is 0 Å². The highest BCUT2D eigenvalue weighted by Crippen LogP contribution is 2.23. The maximum atomic E-state index is 11.4. The van der Waals surface area contributed by atoms with Crippen molar-refractivity contribution in [3.05, 3.63) is 27.9 Å². The number of hydrogen-bond acceptors (Lipinski definition) is 7. The number of anilines is 1. The van der Waals surface area contributed by atoms with Crippen LogP contribution in [0.3, 0.4) is 0 Å². The number of methoxy groups -OCH3 is 1. The Morgan fingerprint density at radius 2 is 2.29 bits per heavy atom. The van der Waals surface area contributed by atoms with Crippen LogP contribution in [0, 0.1) is 16.0 Å². The van der Waals surface area contributed by atoms with Gasteiger partial charge in [0.2, 0.25) is 5.82 Å². The molecule has 2 N–H and O–H groups in total. The molecule has 1 aromatic rings. The number of nitro groups is 1. The van der Waals surface area contributed by atoms with Gasteiger partial charge in [0.05, 0.1) is 12.0 Å². The summed E-state index contributed by atoms with van der Waals surface area (Å²) in [7, 11) is 1.22. The first-order valence-electron chi connectivity index (χ1n) is 6.61. The predicted molar refractivity (Wildman–Crippen MR) is 76.2 cm³/mol. The Hall–Kier alpha value is -2.22. The van der Waals surface area contributed by atoms with Crippen molar-refractivity contribution in [1.29, 1.82) is 0 Å². The Morgan fingerprint density at radius 3 is 2.81 bits per heavy atom. The number of nitrogens with one attached hydrogen (secondary N) is 1. The molecule has 0 fully saturated rings. The topological polar surface area (TPSA) is 115 Å². The third-order valence-corrected chi connectivity index (χ3v) is 3.14. The molecule has 1 rings (SSSR count). The number of carbonyl (C=O) groups excluding carboxylic acids is 1. The molecule has 0 radical (unpaired) electrons. The fourth-order valence-electron chi connectivity index (χ4n) is 1.82. The SMILES string of the molecule is CCC(CCO)CNc1nc(C(=O)OC)ccc1[N+](=O)[O-]. The summed E-state index contributed by atoms with van der Waals surface area (Å²) in [6.07, 6.45) is 1.41. The van der Waals surface area contributed by atoms with Gasteiger partial charge in [-0.2, -0.15) is 0 Å². The third kappa shape index (κ3) is 4.67. The zero-order chi connectivity index (χ0) is 15.8. The summed E-state index contributed by atoms with van der Waals surface area (Å²) in [5.74, 6) is -0.465. The maximum Gasteiger partial charge on any atom is 0.356 e. The van der Waals surface area contributed by atoms with Crippen LogP contribution in [0.5, 0.6) is 0 Å². The van der Waals surface area contributed by atoms with E-state index in [4.69, 9.17) is 5.11 Å². The highest BCUT2D eigenvalue weighted by Gasteiger charge is 2.19. The van der Waals surface area contributed by atoms with Crippen LogP contribution in [0.25, 0.3) is 0 Å². The summed E-state index contributed by atoms with van der Waals surface area (Å²) in [5, 5.41) is 22.8. The van der Waals surface area contributed by atoms with E-state index in [-0.39, 0.29) is 29.7 Å². The molecule has 1 heterocycles. The maximum absolute atomic E-state index is 11.4. The minimum absolute atomic E-state index is 0.000747. The Kier molecular flexibility index (Phi) is 6.54. The van der Waals surface area contributed by atoms with Crippen molar-refractivity contribution >= 4 is 17.5 Å². The summed E-state index contributed by atoms with van der Waals surface area (Å²) in [5.41, 5.74) is -0.206. The number of aliphatic hydroxyl groups is 1. The van der Waals surface area contributed by atoms with Gasteiger partial charge < -0.3 is 15.2 Å². The smallest absolute Gasteiger partial charge is 0.356 e. The van der Waals surface area contributed by atoms with Crippen molar-refractivity contribution in [3.8, 4) is 0 Å². The highest BCUT2D eigenvalue weighted by atomic mass is 16.6. The van der Waals surface area contributed by atoms with Crippen molar-refractivity contribution < 1.29 is 19.6 Å². The van der Waals surface area contributed by atoms with Crippen molar-refractivity contribution in [2.45, 2.75) is 19.8 Å². The molecule has 0 bridgehead atoms. The van der Waals surface area contributed by atoms with Gasteiger partial charge in [0, 0.05) is 19.2 Å². The molecule has 0 saturated heterocycles. The van der Waals surface area contributed by atoms with Crippen LogP contribution in [0.2, 0.25) is 0 Å². The van der Waals surface area contributed by atoms with E-state index in [1.807, 2.05) is 6.92 Å². The molecule has 8 nitrogen and oxygen atoms in total. The molecule has 1 aromatic heterocycles. The average Bonchev–Trinajstić information content (AvgIpc) is 2.50. The molecule has 1 unspecified atom stereocenters. The second-order valence-corrected chi connectivity index (χ2v) is 4.48. The first kappa shape index (κ1) is 16.8. The number of aromatic nitrogens is 1. The number of ether oxygens (including phenoxy) is 1. The summed E-state index contributed by atoms with van der Waals surface area (Å²) in [6, 6.07) is 2.47. The fourth-order valence-corrected chi connectivity index (χ4v) is 1.82. The number of esters is 1. The van der Waals surface area contributed by atoms with Crippen LogP contribution in [0.1, 0.15) is 30.3 Å². The van der Waals surface area contributed by atoms with E-state index >= 15 is 0 Å². The number of pyridine rings is 1. The molecule has 0 aliphatic heterocycles. The zero-order valence-electron chi connectivity index (χ0n) is 12.0. The van der Waals surface area contributed by atoms with Crippen LogP contribution in [-0.4, -0.2) is 41.2 Å². The summed E-state index contributed by atoms with van der Waals surface area (Å²) in [6.45, 7) is 2.45. The van der Waals surface area contributed by atoms with Gasteiger partial charge in [-0.15, -0.1) is 0 Å². The Balaban J connectivity index is 2.95. The Bertz CT molecular complexity index is 507. The lowest BCUT2D eigenvalue weighted by Gasteiger charge is -2.15. The van der Waals surface area contributed by atoms with Crippen molar-refractivity contribution in [2.24, 2.45) is 5.92 Å². The van der Waals surface area contributed by atoms with Gasteiger partial charge >= 0.3 is 11.7 Å². The molecule has 0 saturated carbocycles. The molecule has 8 heteroatoms. The van der Waals surface area contributed by atoms with E-state index in [0.717, 1.165) is 6.42 Å². The number of carbonyl (C=O) groups is 1. The van der Waals surface area contributed by atoms with E-state index in [0.29, 0.717) is 13.0 Å². The monoisotopic (exact) mass is 297 g/mol. The van der Waals surface area contributed by atoms with E-state index in [2.05, 4.69) is 15.0 Å². The average molecular weight is 297 g/mol. The van der Waals surface area contributed by atoms with Crippen LogP contribution in [0.15, 0.2) is 12.1 Å². The van der Waals surface area contributed by atoms with Gasteiger partial charge in [0.25, 0.3) is 0 Å². The van der Waals surface area contributed by atoms with Crippen molar-refractivity contribution in [1.82, 2.24) is 4.98 Å². The molecular weight excluding hydrogens is 278 g/mol. The quantitative estimate of drug-likeness (QED) is 0.425. The second kappa shape index (κ2) is 8.15. The number of nitrogens with zero attached hydrogens (tertiary/aromatic N) is 2. The number of hydrogen-bond donors (Lipinski definition) is 2. The largest absolute Gasteiger partial charge is 0.464 e. The molecule has 116 valence electrons. The van der Waals surface area contributed by atoms with Crippen molar-refractivity contribution in [3.63, 3.8) is 0 Å². The summed E-state index contributed by atoms with van der Waals surface area (Å²) >= 11 is 0. The zero-order valence-corrected chi connectivity index (χ0v) is 12.0. The standard InChI is InChI=1S/C13H19N3O5/c1-3-9(6-7-17)8-14-12-11(16(19)20)5-4-10(15-12)13(18)21-2/h4-5,9,17H,3,6-8H2,1-2H3,(H,14,15).